The number of carbonyl (C=O) groups excluding carboxylic acids is 1. The quantitative estimate of drug-likeness (QED) is 0.728. The monoisotopic (exact) mass is 354 g/mol. The van der Waals surface area contributed by atoms with Gasteiger partial charge in [0.15, 0.2) is 0 Å². The van der Waals surface area contributed by atoms with Gasteiger partial charge in [0.1, 0.15) is 5.82 Å². The van der Waals surface area contributed by atoms with Gasteiger partial charge < -0.3 is 10.6 Å². The summed E-state index contributed by atoms with van der Waals surface area (Å²) in [4.78, 5) is 11.8. The van der Waals surface area contributed by atoms with Crippen LogP contribution in [-0.2, 0) is 11.2 Å². The molecule has 2 aromatic carbocycles. The molecule has 0 aliphatic rings. The summed E-state index contributed by atoms with van der Waals surface area (Å²) in [5.74, 6) is -0.350. The summed E-state index contributed by atoms with van der Waals surface area (Å²) in [5.41, 5.74) is 1.63. The first-order valence-electron chi connectivity index (χ1n) is 7.24. The molecule has 0 aliphatic carbocycles. The van der Waals surface area contributed by atoms with E-state index >= 15 is 0 Å². The fraction of sp³-hybridized carbons (Fsp3) is 0.235. The lowest BCUT2D eigenvalue weighted by atomic mass is 10.1. The molecule has 2 N–H and O–H groups in total. The Bertz CT molecular complexity index is 642. The molecule has 0 saturated heterocycles. The number of carbonyl (C=O) groups is 1. The van der Waals surface area contributed by atoms with Crippen molar-refractivity contribution in [2.75, 3.05) is 18.4 Å². The molecule has 23 heavy (non-hydrogen) atoms. The van der Waals surface area contributed by atoms with E-state index in [1.807, 2.05) is 0 Å². The van der Waals surface area contributed by atoms with E-state index < -0.39 is 0 Å². The number of amides is 1. The van der Waals surface area contributed by atoms with Crippen molar-refractivity contribution in [3.05, 3.63) is 63.9 Å². The Morgan fingerprint density at radius 1 is 1.00 bits per heavy atom. The van der Waals surface area contributed by atoms with Gasteiger partial charge in [0.05, 0.1) is 0 Å². The predicted molar refractivity (Wildman–Crippen MR) is 92.7 cm³/mol. The Labute approximate surface area is 144 Å². The molecule has 0 spiro atoms. The molecule has 2 rings (SSSR count). The zero-order chi connectivity index (χ0) is 16.7. The lowest BCUT2D eigenvalue weighted by molar-refractivity contribution is -0.116. The van der Waals surface area contributed by atoms with Crippen molar-refractivity contribution in [1.29, 1.82) is 0 Å². The summed E-state index contributed by atoms with van der Waals surface area (Å²) in [5, 5.41) is 6.88. The second kappa shape index (κ2) is 8.87. The second-order valence-electron chi connectivity index (χ2n) is 5.08. The molecule has 1 amide bonds. The molecule has 0 saturated carbocycles. The molecule has 0 unspecified atom stereocenters. The van der Waals surface area contributed by atoms with Crippen LogP contribution in [-0.4, -0.2) is 19.0 Å². The standard InChI is InChI=1S/C17H17Cl2FN2O/c18-13-9-14(19)11-16(10-13)22-17(23)6-8-21-7-5-12-1-3-15(20)4-2-12/h1-4,9-11,21H,5-8H2,(H,22,23). The van der Waals surface area contributed by atoms with Gasteiger partial charge in [-0.1, -0.05) is 35.3 Å². The summed E-state index contributed by atoms with van der Waals surface area (Å²) < 4.78 is 12.8. The van der Waals surface area contributed by atoms with Crippen LogP contribution in [0.3, 0.4) is 0 Å². The van der Waals surface area contributed by atoms with Gasteiger partial charge in [-0.3, -0.25) is 4.79 Å². The Balaban J connectivity index is 1.65. The fourth-order valence-corrected chi connectivity index (χ4v) is 2.59. The van der Waals surface area contributed by atoms with Crippen LogP contribution in [0.1, 0.15) is 12.0 Å². The average molecular weight is 355 g/mol. The van der Waals surface area contributed by atoms with Crippen LogP contribution < -0.4 is 10.6 Å². The van der Waals surface area contributed by atoms with E-state index in [-0.39, 0.29) is 11.7 Å². The van der Waals surface area contributed by atoms with Gasteiger partial charge in [-0.15, -0.1) is 0 Å². The topological polar surface area (TPSA) is 41.1 Å². The molecule has 122 valence electrons. The van der Waals surface area contributed by atoms with Crippen molar-refractivity contribution >= 4 is 34.8 Å². The van der Waals surface area contributed by atoms with Crippen LogP contribution in [0.25, 0.3) is 0 Å². The molecule has 0 atom stereocenters. The van der Waals surface area contributed by atoms with E-state index in [2.05, 4.69) is 10.6 Å². The number of hydrogen-bond donors (Lipinski definition) is 2. The van der Waals surface area contributed by atoms with Gasteiger partial charge in [-0.05, 0) is 48.9 Å². The van der Waals surface area contributed by atoms with Crippen LogP contribution in [0.5, 0.6) is 0 Å². The van der Waals surface area contributed by atoms with Crippen LogP contribution in [0, 0.1) is 5.82 Å². The second-order valence-corrected chi connectivity index (χ2v) is 5.96. The van der Waals surface area contributed by atoms with Crippen molar-refractivity contribution in [3.63, 3.8) is 0 Å². The summed E-state index contributed by atoms with van der Waals surface area (Å²) in [6.07, 6.45) is 1.12. The zero-order valence-corrected chi connectivity index (χ0v) is 13.9. The molecule has 2 aromatic rings. The fourth-order valence-electron chi connectivity index (χ4n) is 2.06. The maximum atomic E-state index is 12.8. The van der Waals surface area contributed by atoms with Crippen LogP contribution in [0.15, 0.2) is 42.5 Å². The van der Waals surface area contributed by atoms with Crippen molar-refractivity contribution in [2.45, 2.75) is 12.8 Å². The smallest absolute Gasteiger partial charge is 0.225 e. The van der Waals surface area contributed by atoms with Crippen LogP contribution in [0.4, 0.5) is 10.1 Å². The number of hydrogen-bond acceptors (Lipinski definition) is 2. The Kier molecular flexibility index (Phi) is 6.84. The number of rotatable bonds is 7. The van der Waals surface area contributed by atoms with Gasteiger partial charge in [-0.2, -0.15) is 0 Å². The molecular formula is C17H17Cl2FN2O. The third kappa shape index (κ3) is 6.57. The average Bonchev–Trinajstić information content (AvgIpc) is 2.47. The minimum Gasteiger partial charge on any atom is -0.326 e. The van der Waals surface area contributed by atoms with E-state index in [1.54, 1.807) is 30.3 Å². The third-order valence-corrected chi connectivity index (χ3v) is 3.62. The van der Waals surface area contributed by atoms with Gasteiger partial charge in [0, 0.05) is 28.7 Å². The van der Waals surface area contributed by atoms with Crippen molar-refractivity contribution in [2.24, 2.45) is 0 Å². The Hall–Kier alpha value is -1.62. The molecule has 6 heteroatoms. The number of nitrogens with one attached hydrogen (secondary N) is 2. The molecule has 0 aromatic heterocycles. The Morgan fingerprint density at radius 2 is 1.65 bits per heavy atom. The minimum absolute atomic E-state index is 0.113. The first-order chi connectivity index (χ1) is 11.0. The van der Waals surface area contributed by atoms with Gasteiger partial charge in [0.2, 0.25) is 5.91 Å². The molecule has 0 bridgehead atoms. The first-order valence-corrected chi connectivity index (χ1v) is 7.99. The van der Waals surface area contributed by atoms with E-state index in [4.69, 9.17) is 23.2 Å². The lowest BCUT2D eigenvalue weighted by Crippen LogP contribution is -2.23. The normalized spacial score (nSPS) is 10.6. The summed E-state index contributed by atoms with van der Waals surface area (Å²) >= 11 is 11.8. The van der Waals surface area contributed by atoms with Gasteiger partial charge in [-0.25, -0.2) is 4.39 Å². The van der Waals surface area contributed by atoms with Crippen molar-refractivity contribution in [3.8, 4) is 0 Å². The predicted octanol–water partition coefficient (Wildman–Crippen LogP) is 4.29. The SMILES string of the molecule is O=C(CCNCCc1ccc(F)cc1)Nc1cc(Cl)cc(Cl)c1. The van der Waals surface area contributed by atoms with Crippen LogP contribution >= 0.6 is 23.2 Å². The maximum Gasteiger partial charge on any atom is 0.225 e. The highest BCUT2D eigenvalue weighted by molar-refractivity contribution is 6.35. The minimum atomic E-state index is -0.237. The van der Waals surface area contributed by atoms with Gasteiger partial charge >= 0.3 is 0 Å². The number of halogens is 3. The molecule has 0 heterocycles. The summed E-state index contributed by atoms with van der Waals surface area (Å²) in [7, 11) is 0. The highest BCUT2D eigenvalue weighted by Gasteiger charge is 2.04. The molecule has 0 fully saturated rings. The highest BCUT2D eigenvalue weighted by atomic mass is 35.5. The van der Waals surface area contributed by atoms with E-state index in [0.29, 0.717) is 28.7 Å². The van der Waals surface area contributed by atoms with Crippen LogP contribution in [0.2, 0.25) is 10.0 Å². The first kappa shape index (κ1) is 17.7. The highest BCUT2D eigenvalue weighted by Crippen LogP contribution is 2.22. The summed E-state index contributed by atoms with van der Waals surface area (Å²) in [6.45, 7) is 1.28. The summed E-state index contributed by atoms with van der Waals surface area (Å²) in [6, 6.07) is 11.3. The van der Waals surface area contributed by atoms with E-state index in [1.165, 1.54) is 12.1 Å². The molecular weight excluding hydrogens is 338 g/mol. The third-order valence-electron chi connectivity index (χ3n) is 3.18. The van der Waals surface area contributed by atoms with Crippen molar-refractivity contribution in [1.82, 2.24) is 5.32 Å². The lowest BCUT2D eigenvalue weighted by Gasteiger charge is -2.07. The van der Waals surface area contributed by atoms with E-state index in [0.717, 1.165) is 18.5 Å². The van der Waals surface area contributed by atoms with Gasteiger partial charge in [0.25, 0.3) is 0 Å². The molecule has 3 nitrogen and oxygen atoms in total. The van der Waals surface area contributed by atoms with Crippen molar-refractivity contribution < 1.29 is 9.18 Å². The largest absolute Gasteiger partial charge is 0.326 e. The van der Waals surface area contributed by atoms with E-state index in [9.17, 15) is 9.18 Å². The Morgan fingerprint density at radius 3 is 2.30 bits per heavy atom. The number of benzene rings is 2. The maximum absolute atomic E-state index is 12.8. The molecule has 0 radical (unpaired) electrons. The number of anilines is 1. The zero-order valence-electron chi connectivity index (χ0n) is 12.4. The molecule has 0 aliphatic heterocycles.